The number of rotatable bonds is 5. The molecule has 1 atom stereocenters. The van der Waals surface area contributed by atoms with Gasteiger partial charge in [0.1, 0.15) is 5.76 Å². The van der Waals surface area contributed by atoms with E-state index in [4.69, 9.17) is 4.42 Å². The molecular weight excluding hydrogens is 290 g/mol. The number of hydrogen-bond acceptors (Lipinski definition) is 4. The fourth-order valence-corrected chi connectivity index (χ4v) is 2.49. The van der Waals surface area contributed by atoms with Gasteiger partial charge in [-0.25, -0.2) is 0 Å². The van der Waals surface area contributed by atoms with Gasteiger partial charge >= 0.3 is 0 Å². The van der Waals surface area contributed by atoms with Gasteiger partial charge in [0.15, 0.2) is 4.67 Å². The average Bonchev–Trinajstić information content (AvgIpc) is 2.91. The van der Waals surface area contributed by atoms with E-state index in [2.05, 4.69) is 21.2 Å². The maximum absolute atomic E-state index is 9.28. The molecule has 0 radical (unpaired) electrons. The Morgan fingerprint density at radius 2 is 2.31 bits per heavy atom. The lowest BCUT2D eigenvalue weighted by Gasteiger charge is -2.13. The molecule has 2 aromatic heterocycles. The van der Waals surface area contributed by atoms with E-state index >= 15 is 0 Å². The van der Waals surface area contributed by atoms with Crippen molar-refractivity contribution in [1.82, 2.24) is 5.32 Å². The summed E-state index contributed by atoms with van der Waals surface area (Å²) in [6.45, 7) is 0.686. The Labute approximate surface area is 106 Å². The lowest BCUT2D eigenvalue weighted by Crippen LogP contribution is -2.23. The van der Waals surface area contributed by atoms with Gasteiger partial charge in [0.05, 0.1) is 19.2 Å². The molecule has 86 valence electrons. The van der Waals surface area contributed by atoms with E-state index in [0.29, 0.717) is 6.54 Å². The molecular formula is C11H12BrNO2S. The highest BCUT2D eigenvalue weighted by molar-refractivity contribution is 9.10. The predicted octanol–water partition coefficient (Wildman–Crippen LogP) is 2.93. The van der Waals surface area contributed by atoms with Gasteiger partial charge < -0.3 is 14.8 Å². The molecule has 0 bridgehead atoms. The monoisotopic (exact) mass is 301 g/mol. The quantitative estimate of drug-likeness (QED) is 0.892. The molecule has 2 aromatic rings. The van der Waals surface area contributed by atoms with Crippen molar-refractivity contribution < 1.29 is 9.52 Å². The minimum Gasteiger partial charge on any atom is -0.453 e. The molecule has 0 saturated carbocycles. The van der Waals surface area contributed by atoms with E-state index in [0.717, 1.165) is 16.0 Å². The van der Waals surface area contributed by atoms with Crippen molar-refractivity contribution in [1.29, 1.82) is 0 Å². The molecule has 0 aromatic carbocycles. The molecule has 0 amide bonds. The van der Waals surface area contributed by atoms with E-state index in [1.807, 2.05) is 29.0 Å². The van der Waals surface area contributed by atoms with Crippen molar-refractivity contribution in [3.05, 3.63) is 45.0 Å². The molecule has 0 aliphatic carbocycles. The first-order chi connectivity index (χ1) is 7.79. The first-order valence-corrected chi connectivity index (χ1v) is 6.63. The minimum atomic E-state index is -0.0323. The van der Waals surface area contributed by atoms with Crippen LogP contribution < -0.4 is 5.32 Å². The van der Waals surface area contributed by atoms with Crippen molar-refractivity contribution in [3.8, 4) is 0 Å². The number of thiophene rings is 1. The van der Waals surface area contributed by atoms with Crippen LogP contribution in [0, 0.1) is 0 Å². The summed E-state index contributed by atoms with van der Waals surface area (Å²) in [6, 6.07) is 5.74. The first kappa shape index (κ1) is 11.9. The molecule has 0 spiro atoms. The van der Waals surface area contributed by atoms with Gasteiger partial charge in [0.2, 0.25) is 0 Å². The summed E-state index contributed by atoms with van der Waals surface area (Å²) in [4.78, 5) is 0. The van der Waals surface area contributed by atoms with Gasteiger partial charge in [-0.2, -0.15) is 11.3 Å². The lowest BCUT2D eigenvalue weighted by molar-refractivity contribution is 0.241. The topological polar surface area (TPSA) is 45.4 Å². The Hall–Kier alpha value is -0.620. The largest absolute Gasteiger partial charge is 0.453 e. The van der Waals surface area contributed by atoms with E-state index < -0.39 is 0 Å². The summed E-state index contributed by atoms with van der Waals surface area (Å²) in [6.07, 6.45) is 0. The summed E-state index contributed by atoms with van der Waals surface area (Å²) < 4.78 is 6.09. The Bertz CT molecular complexity index is 427. The van der Waals surface area contributed by atoms with Crippen LogP contribution in [0.25, 0.3) is 0 Å². The molecule has 2 rings (SSSR count). The average molecular weight is 302 g/mol. The summed E-state index contributed by atoms with van der Waals surface area (Å²) in [7, 11) is 0. The lowest BCUT2D eigenvalue weighted by atomic mass is 10.1. The molecule has 0 aliphatic rings. The van der Waals surface area contributed by atoms with Gasteiger partial charge in [-0.3, -0.25) is 0 Å². The van der Waals surface area contributed by atoms with Crippen LogP contribution in [0.1, 0.15) is 17.4 Å². The number of halogens is 1. The Morgan fingerprint density at radius 1 is 1.44 bits per heavy atom. The number of nitrogens with one attached hydrogen (secondary N) is 1. The van der Waals surface area contributed by atoms with Gasteiger partial charge in [0, 0.05) is 0 Å². The predicted molar refractivity (Wildman–Crippen MR) is 67.4 cm³/mol. The molecule has 5 heteroatoms. The molecule has 1 unspecified atom stereocenters. The van der Waals surface area contributed by atoms with Crippen LogP contribution in [0.15, 0.2) is 38.0 Å². The Kier molecular flexibility index (Phi) is 4.17. The molecule has 16 heavy (non-hydrogen) atoms. The van der Waals surface area contributed by atoms with Crippen molar-refractivity contribution >= 4 is 27.3 Å². The first-order valence-electron chi connectivity index (χ1n) is 4.90. The van der Waals surface area contributed by atoms with E-state index in [-0.39, 0.29) is 12.6 Å². The molecule has 0 fully saturated rings. The zero-order chi connectivity index (χ0) is 11.4. The maximum atomic E-state index is 9.28. The number of furan rings is 1. The zero-order valence-corrected chi connectivity index (χ0v) is 10.9. The third-order valence-electron chi connectivity index (χ3n) is 2.28. The number of hydrogen-bond donors (Lipinski definition) is 2. The Morgan fingerprint density at radius 3 is 2.88 bits per heavy atom. The van der Waals surface area contributed by atoms with E-state index in [1.165, 1.54) is 0 Å². The van der Waals surface area contributed by atoms with Crippen LogP contribution in [0.3, 0.4) is 0 Å². The third kappa shape index (κ3) is 2.95. The summed E-state index contributed by atoms with van der Waals surface area (Å²) in [5.74, 6) is 0.848. The highest BCUT2D eigenvalue weighted by Gasteiger charge is 2.10. The smallest absolute Gasteiger partial charge is 0.169 e. The highest BCUT2D eigenvalue weighted by atomic mass is 79.9. The van der Waals surface area contributed by atoms with Crippen LogP contribution in [0.5, 0.6) is 0 Å². The van der Waals surface area contributed by atoms with Gasteiger partial charge in [-0.05, 0) is 50.5 Å². The van der Waals surface area contributed by atoms with Crippen LogP contribution in [0.4, 0.5) is 0 Å². The van der Waals surface area contributed by atoms with Gasteiger partial charge in [0.25, 0.3) is 0 Å². The van der Waals surface area contributed by atoms with Crippen molar-refractivity contribution in [2.45, 2.75) is 12.6 Å². The second kappa shape index (κ2) is 5.63. The van der Waals surface area contributed by atoms with Gasteiger partial charge in [-0.1, -0.05) is 0 Å². The highest BCUT2D eigenvalue weighted by Crippen LogP contribution is 2.18. The van der Waals surface area contributed by atoms with Crippen LogP contribution >= 0.6 is 27.3 Å². The van der Waals surface area contributed by atoms with E-state index in [9.17, 15) is 5.11 Å². The van der Waals surface area contributed by atoms with Crippen LogP contribution in [0.2, 0.25) is 0 Å². The second-order valence-corrected chi connectivity index (χ2v) is 4.94. The summed E-state index contributed by atoms with van der Waals surface area (Å²) in [5, 5.41) is 16.6. The van der Waals surface area contributed by atoms with Crippen LogP contribution in [-0.2, 0) is 6.54 Å². The molecule has 2 heterocycles. The number of aliphatic hydroxyl groups is 1. The van der Waals surface area contributed by atoms with E-state index in [1.54, 1.807) is 11.3 Å². The number of aliphatic hydroxyl groups excluding tert-OH is 1. The maximum Gasteiger partial charge on any atom is 0.169 e. The Balaban J connectivity index is 1.93. The molecule has 2 N–H and O–H groups in total. The fourth-order valence-electron chi connectivity index (χ4n) is 1.43. The normalized spacial score (nSPS) is 12.9. The third-order valence-corrected chi connectivity index (χ3v) is 3.41. The second-order valence-electron chi connectivity index (χ2n) is 3.38. The minimum absolute atomic E-state index is 0.0323. The van der Waals surface area contributed by atoms with Crippen molar-refractivity contribution in [2.24, 2.45) is 0 Å². The summed E-state index contributed by atoms with van der Waals surface area (Å²) in [5.41, 5.74) is 1.11. The zero-order valence-electron chi connectivity index (χ0n) is 8.52. The SMILES string of the molecule is OCC(NCc1ccc(Br)o1)c1ccsc1. The standard InChI is InChI=1S/C11H12BrNO2S/c12-11-2-1-9(15-11)5-13-10(6-14)8-3-4-16-7-8/h1-4,7,10,13-14H,5-6H2. The van der Waals surface area contributed by atoms with Crippen molar-refractivity contribution in [2.75, 3.05) is 6.61 Å². The van der Waals surface area contributed by atoms with Crippen LogP contribution in [-0.4, -0.2) is 11.7 Å². The van der Waals surface area contributed by atoms with Crippen molar-refractivity contribution in [3.63, 3.8) is 0 Å². The fraction of sp³-hybridized carbons (Fsp3) is 0.273. The molecule has 3 nitrogen and oxygen atoms in total. The summed E-state index contributed by atoms with van der Waals surface area (Å²) >= 11 is 4.88. The molecule has 0 aliphatic heterocycles. The van der Waals surface area contributed by atoms with Gasteiger partial charge in [-0.15, -0.1) is 0 Å². The molecule has 0 saturated heterocycles.